The summed E-state index contributed by atoms with van der Waals surface area (Å²) in [5.41, 5.74) is 0.936. The fourth-order valence-corrected chi connectivity index (χ4v) is 1.42. The molecule has 1 aromatic rings. The molecule has 0 bridgehead atoms. The Kier molecular flexibility index (Phi) is 4.51. The van der Waals surface area contributed by atoms with Crippen molar-refractivity contribution >= 4 is 11.9 Å². The predicted molar refractivity (Wildman–Crippen MR) is 59.8 cm³/mol. The van der Waals surface area contributed by atoms with Crippen molar-refractivity contribution < 1.29 is 14.7 Å². The SMILES string of the molecule is CCC(=O)N(CC(=O)O)Cc1ccccc1. The molecule has 0 saturated carbocycles. The average Bonchev–Trinajstić information content (AvgIpc) is 2.28. The molecule has 0 unspecified atom stereocenters. The molecular formula is C12H15NO3. The van der Waals surface area contributed by atoms with Crippen LogP contribution >= 0.6 is 0 Å². The number of hydrogen-bond acceptors (Lipinski definition) is 2. The summed E-state index contributed by atoms with van der Waals surface area (Å²) < 4.78 is 0. The van der Waals surface area contributed by atoms with Crippen molar-refractivity contribution in [2.45, 2.75) is 19.9 Å². The highest BCUT2D eigenvalue weighted by atomic mass is 16.4. The van der Waals surface area contributed by atoms with Crippen LogP contribution in [0.2, 0.25) is 0 Å². The van der Waals surface area contributed by atoms with E-state index in [1.807, 2.05) is 30.3 Å². The van der Waals surface area contributed by atoms with Crippen LogP contribution in [0.15, 0.2) is 30.3 Å². The Morgan fingerprint density at radius 3 is 2.38 bits per heavy atom. The van der Waals surface area contributed by atoms with Crippen molar-refractivity contribution in [1.82, 2.24) is 4.90 Å². The Bertz CT molecular complexity index is 362. The normalized spacial score (nSPS) is 9.81. The first-order valence-corrected chi connectivity index (χ1v) is 5.17. The fourth-order valence-electron chi connectivity index (χ4n) is 1.42. The van der Waals surface area contributed by atoms with E-state index in [2.05, 4.69) is 0 Å². The number of benzene rings is 1. The lowest BCUT2D eigenvalue weighted by molar-refractivity contribution is -0.144. The summed E-state index contributed by atoms with van der Waals surface area (Å²) >= 11 is 0. The van der Waals surface area contributed by atoms with Gasteiger partial charge in [0.25, 0.3) is 0 Å². The van der Waals surface area contributed by atoms with Crippen molar-refractivity contribution in [3.05, 3.63) is 35.9 Å². The number of nitrogens with zero attached hydrogens (tertiary/aromatic N) is 1. The molecule has 1 aromatic carbocycles. The summed E-state index contributed by atoms with van der Waals surface area (Å²) in [6, 6.07) is 9.36. The van der Waals surface area contributed by atoms with Crippen LogP contribution in [0.1, 0.15) is 18.9 Å². The summed E-state index contributed by atoms with van der Waals surface area (Å²) in [5.74, 6) is -1.14. The third-order valence-corrected chi connectivity index (χ3v) is 2.20. The minimum absolute atomic E-state index is 0.147. The average molecular weight is 221 g/mol. The van der Waals surface area contributed by atoms with E-state index in [4.69, 9.17) is 5.11 Å². The predicted octanol–water partition coefficient (Wildman–Crippen LogP) is 1.51. The van der Waals surface area contributed by atoms with Crippen molar-refractivity contribution in [3.63, 3.8) is 0 Å². The van der Waals surface area contributed by atoms with E-state index in [9.17, 15) is 9.59 Å². The second-order valence-corrected chi connectivity index (χ2v) is 3.48. The molecule has 4 nitrogen and oxygen atoms in total. The lowest BCUT2D eigenvalue weighted by Crippen LogP contribution is -2.34. The molecule has 16 heavy (non-hydrogen) atoms. The number of aliphatic carboxylic acids is 1. The molecule has 0 aromatic heterocycles. The van der Waals surface area contributed by atoms with Gasteiger partial charge in [-0.2, -0.15) is 0 Å². The van der Waals surface area contributed by atoms with Crippen LogP contribution in [0.5, 0.6) is 0 Å². The van der Waals surface area contributed by atoms with Crippen LogP contribution in [0.4, 0.5) is 0 Å². The molecule has 0 radical (unpaired) electrons. The van der Waals surface area contributed by atoms with Gasteiger partial charge in [-0.1, -0.05) is 37.3 Å². The van der Waals surface area contributed by atoms with E-state index in [0.717, 1.165) is 5.56 Å². The fraction of sp³-hybridized carbons (Fsp3) is 0.333. The molecule has 0 aliphatic carbocycles. The second-order valence-electron chi connectivity index (χ2n) is 3.48. The second kappa shape index (κ2) is 5.90. The highest BCUT2D eigenvalue weighted by Gasteiger charge is 2.14. The number of carbonyl (C=O) groups is 2. The van der Waals surface area contributed by atoms with Gasteiger partial charge < -0.3 is 10.0 Å². The van der Waals surface area contributed by atoms with Gasteiger partial charge >= 0.3 is 5.97 Å². The summed E-state index contributed by atoms with van der Waals surface area (Å²) in [6.07, 6.45) is 0.320. The molecule has 4 heteroatoms. The van der Waals surface area contributed by atoms with Crippen LogP contribution in [-0.4, -0.2) is 28.4 Å². The zero-order chi connectivity index (χ0) is 12.0. The Balaban J connectivity index is 2.70. The molecule has 1 N–H and O–H groups in total. The molecule has 0 fully saturated rings. The van der Waals surface area contributed by atoms with Crippen molar-refractivity contribution in [2.75, 3.05) is 6.54 Å². The molecule has 1 rings (SSSR count). The van der Waals surface area contributed by atoms with E-state index in [1.54, 1.807) is 6.92 Å². The van der Waals surface area contributed by atoms with E-state index in [0.29, 0.717) is 13.0 Å². The molecule has 1 amide bonds. The van der Waals surface area contributed by atoms with E-state index in [1.165, 1.54) is 4.90 Å². The first-order chi connectivity index (χ1) is 7.63. The number of hydrogen-bond donors (Lipinski definition) is 1. The smallest absolute Gasteiger partial charge is 0.323 e. The zero-order valence-electron chi connectivity index (χ0n) is 9.22. The monoisotopic (exact) mass is 221 g/mol. The van der Waals surface area contributed by atoms with Crippen LogP contribution in [0.3, 0.4) is 0 Å². The van der Waals surface area contributed by atoms with Crippen molar-refractivity contribution in [3.8, 4) is 0 Å². The Hall–Kier alpha value is -1.84. The van der Waals surface area contributed by atoms with Crippen LogP contribution in [0, 0.1) is 0 Å². The van der Waals surface area contributed by atoms with E-state index < -0.39 is 5.97 Å². The Morgan fingerprint density at radius 2 is 1.88 bits per heavy atom. The Morgan fingerprint density at radius 1 is 1.25 bits per heavy atom. The lowest BCUT2D eigenvalue weighted by Gasteiger charge is -2.20. The molecule has 0 spiro atoms. The van der Waals surface area contributed by atoms with E-state index in [-0.39, 0.29) is 12.5 Å². The molecular weight excluding hydrogens is 206 g/mol. The highest BCUT2D eigenvalue weighted by molar-refractivity contribution is 5.81. The summed E-state index contributed by atoms with van der Waals surface area (Å²) in [6.45, 7) is 1.82. The molecule has 0 aliphatic rings. The minimum Gasteiger partial charge on any atom is -0.480 e. The summed E-state index contributed by atoms with van der Waals surface area (Å²) in [7, 11) is 0. The number of rotatable bonds is 5. The first kappa shape index (κ1) is 12.2. The number of carboxylic acid groups (broad SMARTS) is 1. The maximum Gasteiger partial charge on any atom is 0.323 e. The van der Waals surface area contributed by atoms with Gasteiger partial charge in [-0.25, -0.2) is 0 Å². The number of amides is 1. The van der Waals surface area contributed by atoms with Crippen molar-refractivity contribution in [1.29, 1.82) is 0 Å². The standard InChI is InChI=1S/C12H15NO3/c1-2-11(14)13(9-12(15)16)8-10-6-4-3-5-7-10/h3-7H,2,8-9H2,1H3,(H,15,16). The quantitative estimate of drug-likeness (QED) is 0.819. The molecule has 0 aliphatic heterocycles. The lowest BCUT2D eigenvalue weighted by atomic mass is 10.2. The minimum atomic E-state index is -0.988. The van der Waals surface area contributed by atoms with Gasteiger partial charge in [-0.3, -0.25) is 9.59 Å². The van der Waals surface area contributed by atoms with Gasteiger partial charge in [0.2, 0.25) is 5.91 Å². The van der Waals surface area contributed by atoms with Crippen LogP contribution in [-0.2, 0) is 16.1 Å². The summed E-state index contributed by atoms with van der Waals surface area (Å²) in [4.78, 5) is 23.5. The number of carboxylic acids is 1. The summed E-state index contributed by atoms with van der Waals surface area (Å²) in [5, 5.41) is 8.71. The van der Waals surface area contributed by atoms with Gasteiger partial charge in [0.1, 0.15) is 6.54 Å². The van der Waals surface area contributed by atoms with Crippen LogP contribution in [0.25, 0.3) is 0 Å². The third kappa shape index (κ3) is 3.73. The zero-order valence-corrected chi connectivity index (χ0v) is 9.22. The first-order valence-electron chi connectivity index (χ1n) is 5.17. The highest BCUT2D eigenvalue weighted by Crippen LogP contribution is 2.05. The van der Waals surface area contributed by atoms with Gasteiger partial charge in [0, 0.05) is 13.0 Å². The van der Waals surface area contributed by atoms with Crippen LogP contribution < -0.4 is 0 Å². The number of carbonyl (C=O) groups excluding carboxylic acids is 1. The molecule has 0 heterocycles. The third-order valence-electron chi connectivity index (χ3n) is 2.20. The largest absolute Gasteiger partial charge is 0.480 e. The Labute approximate surface area is 94.5 Å². The molecule has 0 atom stereocenters. The van der Waals surface area contributed by atoms with Gasteiger partial charge in [-0.05, 0) is 5.56 Å². The maximum absolute atomic E-state index is 11.5. The topological polar surface area (TPSA) is 57.6 Å². The van der Waals surface area contributed by atoms with E-state index >= 15 is 0 Å². The molecule has 0 saturated heterocycles. The van der Waals surface area contributed by atoms with Gasteiger partial charge in [0.05, 0.1) is 0 Å². The van der Waals surface area contributed by atoms with Crippen molar-refractivity contribution in [2.24, 2.45) is 0 Å². The maximum atomic E-state index is 11.5. The van der Waals surface area contributed by atoms with Gasteiger partial charge in [0.15, 0.2) is 0 Å². The molecule has 86 valence electrons. The van der Waals surface area contributed by atoms with Gasteiger partial charge in [-0.15, -0.1) is 0 Å².